The molecule has 1 N–H and O–H groups in total. The van der Waals surface area contributed by atoms with E-state index in [9.17, 15) is 0 Å². The molecule has 4 heteroatoms. The summed E-state index contributed by atoms with van der Waals surface area (Å²) in [5, 5.41) is 4.51. The zero-order valence-electron chi connectivity index (χ0n) is 13.6. The van der Waals surface area contributed by atoms with Crippen LogP contribution in [0, 0.1) is 11.3 Å². The number of benzene rings is 1. The van der Waals surface area contributed by atoms with Crippen LogP contribution in [0.4, 0.5) is 5.69 Å². The van der Waals surface area contributed by atoms with Crippen molar-refractivity contribution in [1.82, 2.24) is 5.32 Å². The van der Waals surface area contributed by atoms with Crippen molar-refractivity contribution in [2.75, 3.05) is 18.0 Å². The molecule has 2 rings (SSSR count). The van der Waals surface area contributed by atoms with E-state index in [1.807, 2.05) is 6.07 Å². The summed E-state index contributed by atoms with van der Waals surface area (Å²) in [6.07, 6.45) is 0. The van der Waals surface area contributed by atoms with Crippen molar-refractivity contribution in [3.8, 4) is 0 Å². The molecular weight excluding hydrogens is 348 g/mol. The molecular formula is C17H26BrClN2. The highest BCUT2D eigenvalue weighted by molar-refractivity contribution is 9.10. The lowest BCUT2D eigenvalue weighted by atomic mass is 9.83. The first-order valence-corrected chi connectivity index (χ1v) is 8.82. The molecule has 0 aromatic heterocycles. The summed E-state index contributed by atoms with van der Waals surface area (Å²) in [4.78, 5) is 2.52. The van der Waals surface area contributed by atoms with Crippen LogP contribution in [0.25, 0.3) is 0 Å². The van der Waals surface area contributed by atoms with E-state index in [-0.39, 0.29) is 5.41 Å². The molecule has 0 radical (unpaired) electrons. The molecule has 1 aromatic carbocycles. The predicted molar refractivity (Wildman–Crippen MR) is 96.4 cm³/mol. The fourth-order valence-electron chi connectivity index (χ4n) is 2.91. The smallest absolute Gasteiger partial charge is 0.0568 e. The van der Waals surface area contributed by atoms with Gasteiger partial charge in [0.15, 0.2) is 0 Å². The molecule has 2 nitrogen and oxygen atoms in total. The zero-order valence-corrected chi connectivity index (χ0v) is 15.9. The number of nitrogens with one attached hydrogen (secondary N) is 1. The molecule has 118 valence electrons. The van der Waals surface area contributed by atoms with E-state index < -0.39 is 0 Å². The van der Waals surface area contributed by atoms with E-state index in [2.05, 4.69) is 72.9 Å². The average molecular weight is 374 g/mol. The van der Waals surface area contributed by atoms with Crippen molar-refractivity contribution in [1.29, 1.82) is 0 Å². The van der Waals surface area contributed by atoms with Crippen LogP contribution in [0.5, 0.6) is 0 Å². The van der Waals surface area contributed by atoms with Gasteiger partial charge in [0.1, 0.15) is 0 Å². The Kier molecular flexibility index (Phi) is 5.27. The first kappa shape index (κ1) is 17.1. The van der Waals surface area contributed by atoms with Crippen LogP contribution in [0.3, 0.4) is 0 Å². The van der Waals surface area contributed by atoms with Gasteiger partial charge in [0.25, 0.3) is 0 Å². The average Bonchev–Trinajstić information content (AvgIpc) is 2.40. The van der Waals surface area contributed by atoms with Crippen LogP contribution in [0.15, 0.2) is 22.7 Å². The molecule has 0 amide bonds. The molecule has 1 aromatic rings. The van der Waals surface area contributed by atoms with Gasteiger partial charge in [-0.1, -0.05) is 46.2 Å². The van der Waals surface area contributed by atoms with Crippen LogP contribution in [-0.4, -0.2) is 25.2 Å². The quantitative estimate of drug-likeness (QED) is 0.789. The molecule has 0 bridgehead atoms. The van der Waals surface area contributed by atoms with Gasteiger partial charge < -0.3 is 10.2 Å². The minimum absolute atomic E-state index is 0.249. The van der Waals surface area contributed by atoms with Crippen molar-refractivity contribution in [2.24, 2.45) is 11.3 Å². The van der Waals surface area contributed by atoms with Gasteiger partial charge in [-0.2, -0.15) is 0 Å². The fraction of sp³-hybridized carbons (Fsp3) is 0.647. The van der Waals surface area contributed by atoms with Crippen LogP contribution >= 0.6 is 27.5 Å². The normalized spacial score (nSPS) is 23.7. The Balaban J connectivity index is 2.31. The second-order valence-corrected chi connectivity index (χ2v) is 8.65. The van der Waals surface area contributed by atoms with E-state index in [1.54, 1.807) is 0 Å². The summed E-state index contributed by atoms with van der Waals surface area (Å²) in [7, 11) is 0. The lowest BCUT2D eigenvalue weighted by Crippen LogP contribution is -2.62. The molecule has 1 aliphatic heterocycles. The maximum absolute atomic E-state index is 6.30. The summed E-state index contributed by atoms with van der Waals surface area (Å²) < 4.78 is 0.955. The molecule has 0 spiro atoms. The highest BCUT2D eigenvalue weighted by Gasteiger charge is 2.35. The van der Waals surface area contributed by atoms with Crippen LogP contribution in [0.1, 0.15) is 34.6 Å². The summed E-state index contributed by atoms with van der Waals surface area (Å²) in [5.41, 5.74) is 1.47. The molecule has 21 heavy (non-hydrogen) atoms. The van der Waals surface area contributed by atoms with E-state index in [0.717, 1.165) is 22.6 Å². The van der Waals surface area contributed by atoms with Gasteiger partial charge >= 0.3 is 0 Å². The van der Waals surface area contributed by atoms with Gasteiger partial charge in [0.2, 0.25) is 0 Å². The number of hydrogen-bond acceptors (Lipinski definition) is 2. The third-order valence-corrected chi connectivity index (χ3v) is 5.64. The van der Waals surface area contributed by atoms with Crippen LogP contribution in [0.2, 0.25) is 5.02 Å². The minimum Gasteiger partial charge on any atom is -0.365 e. The standard InChI is InChI=1S/C17H26BrClN2/c1-11(2)15-9-20-16(17(3,4)5)10-21(15)12-6-7-13(18)14(19)8-12/h6-8,11,15-16,20H,9-10H2,1-5H3. The molecule has 2 unspecified atom stereocenters. The molecule has 1 saturated heterocycles. The van der Waals surface area contributed by atoms with E-state index in [0.29, 0.717) is 18.0 Å². The Bertz CT molecular complexity index is 496. The highest BCUT2D eigenvalue weighted by atomic mass is 79.9. The number of anilines is 1. The Morgan fingerprint density at radius 2 is 2.00 bits per heavy atom. The van der Waals surface area contributed by atoms with Crippen LogP contribution in [-0.2, 0) is 0 Å². The molecule has 1 aliphatic rings. The third-order valence-electron chi connectivity index (χ3n) is 4.40. The summed E-state index contributed by atoms with van der Waals surface area (Å²) in [5.74, 6) is 0.598. The SMILES string of the molecule is CC(C)C1CNC(C(C)(C)C)CN1c1ccc(Br)c(Cl)c1. The molecule has 0 saturated carbocycles. The molecule has 1 fully saturated rings. The number of halogens is 2. The Morgan fingerprint density at radius 1 is 1.33 bits per heavy atom. The van der Waals surface area contributed by atoms with Gasteiger partial charge in [-0.05, 0) is 45.5 Å². The van der Waals surface area contributed by atoms with E-state index in [1.165, 1.54) is 5.69 Å². The van der Waals surface area contributed by atoms with Crippen molar-refractivity contribution in [3.63, 3.8) is 0 Å². The van der Waals surface area contributed by atoms with Gasteiger partial charge in [-0.15, -0.1) is 0 Å². The minimum atomic E-state index is 0.249. The first-order valence-electron chi connectivity index (χ1n) is 7.65. The molecule has 0 aliphatic carbocycles. The van der Waals surface area contributed by atoms with E-state index in [4.69, 9.17) is 11.6 Å². The van der Waals surface area contributed by atoms with Crippen molar-refractivity contribution in [2.45, 2.75) is 46.7 Å². The number of nitrogens with zero attached hydrogens (tertiary/aromatic N) is 1. The summed E-state index contributed by atoms with van der Waals surface area (Å²) >= 11 is 9.78. The lowest BCUT2D eigenvalue weighted by Gasteiger charge is -2.47. The van der Waals surface area contributed by atoms with Crippen molar-refractivity contribution in [3.05, 3.63) is 27.7 Å². The number of hydrogen-bond donors (Lipinski definition) is 1. The number of rotatable bonds is 2. The molecule has 1 heterocycles. The van der Waals surface area contributed by atoms with Gasteiger partial charge in [0, 0.05) is 35.3 Å². The lowest BCUT2D eigenvalue weighted by molar-refractivity contribution is 0.221. The van der Waals surface area contributed by atoms with Crippen LogP contribution < -0.4 is 10.2 Å². The summed E-state index contributed by atoms with van der Waals surface area (Å²) in [6, 6.07) is 7.27. The molecule has 2 atom stereocenters. The second-order valence-electron chi connectivity index (χ2n) is 7.39. The zero-order chi connectivity index (χ0) is 15.8. The van der Waals surface area contributed by atoms with Gasteiger partial charge in [-0.25, -0.2) is 0 Å². The largest absolute Gasteiger partial charge is 0.365 e. The van der Waals surface area contributed by atoms with Gasteiger partial charge in [-0.3, -0.25) is 0 Å². The van der Waals surface area contributed by atoms with Gasteiger partial charge in [0.05, 0.1) is 5.02 Å². The second kappa shape index (κ2) is 6.47. The Morgan fingerprint density at radius 3 is 2.52 bits per heavy atom. The predicted octanol–water partition coefficient (Wildman–Crippen LogP) is 4.95. The Labute approximate surface area is 142 Å². The topological polar surface area (TPSA) is 15.3 Å². The highest BCUT2D eigenvalue weighted by Crippen LogP contribution is 2.33. The maximum Gasteiger partial charge on any atom is 0.0568 e. The van der Waals surface area contributed by atoms with Crippen molar-refractivity contribution >= 4 is 33.2 Å². The third kappa shape index (κ3) is 3.94. The first-order chi connectivity index (χ1) is 9.70. The van der Waals surface area contributed by atoms with E-state index >= 15 is 0 Å². The number of piperazine rings is 1. The summed E-state index contributed by atoms with van der Waals surface area (Å²) in [6.45, 7) is 13.5. The van der Waals surface area contributed by atoms with Crippen molar-refractivity contribution < 1.29 is 0 Å². The fourth-order valence-corrected chi connectivity index (χ4v) is 3.33. The monoisotopic (exact) mass is 372 g/mol. The Hall–Kier alpha value is -0.250. The maximum atomic E-state index is 6.30.